The fraction of sp³-hybridized carbons (Fsp3) is 0.333. The lowest BCUT2D eigenvalue weighted by molar-refractivity contribution is -0.122. The lowest BCUT2D eigenvalue weighted by Gasteiger charge is -2.17. The molecule has 5 nitrogen and oxygen atoms in total. The van der Waals surface area contributed by atoms with Crippen molar-refractivity contribution >= 4 is 21.8 Å². The smallest absolute Gasteiger partial charge is 0.251 e. The molecular formula is C18H20BrN3O2. The van der Waals surface area contributed by atoms with Gasteiger partial charge in [-0.05, 0) is 34.0 Å². The molecule has 1 fully saturated rings. The highest BCUT2D eigenvalue weighted by Gasteiger charge is 2.23. The van der Waals surface area contributed by atoms with E-state index in [1.807, 2.05) is 18.2 Å². The molecule has 1 aliphatic heterocycles. The van der Waals surface area contributed by atoms with E-state index in [1.165, 1.54) is 16.2 Å². The van der Waals surface area contributed by atoms with Gasteiger partial charge in [-0.3, -0.25) is 14.5 Å². The zero-order chi connectivity index (χ0) is 16.9. The van der Waals surface area contributed by atoms with Crippen molar-refractivity contribution in [2.45, 2.75) is 25.6 Å². The van der Waals surface area contributed by atoms with Crippen LogP contribution in [0.5, 0.6) is 0 Å². The van der Waals surface area contributed by atoms with Crippen molar-refractivity contribution in [2.75, 3.05) is 13.1 Å². The number of nitrogens with one attached hydrogen (secondary N) is 1. The predicted molar refractivity (Wildman–Crippen MR) is 96.7 cm³/mol. The number of aromatic nitrogens is 1. The number of halogens is 1. The highest BCUT2D eigenvalue weighted by molar-refractivity contribution is 9.10. The van der Waals surface area contributed by atoms with E-state index < -0.39 is 0 Å². The molecule has 1 N–H and O–H groups in total. The fourth-order valence-electron chi connectivity index (χ4n) is 2.99. The van der Waals surface area contributed by atoms with Gasteiger partial charge in [-0.1, -0.05) is 30.3 Å². The molecule has 24 heavy (non-hydrogen) atoms. The molecule has 0 aliphatic carbocycles. The van der Waals surface area contributed by atoms with Crippen molar-refractivity contribution in [3.05, 3.63) is 69.1 Å². The number of rotatable bonds is 5. The van der Waals surface area contributed by atoms with Crippen LogP contribution < -0.4 is 10.9 Å². The second kappa shape index (κ2) is 7.77. The molecule has 0 unspecified atom stereocenters. The van der Waals surface area contributed by atoms with Crippen LogP contribution in [0.25, 0.3) is 0 Å². The van der Waals surface area contributed by atoms with Gasteiger partial charge in [0.15, 0.2) is 0 Å². The van der Waals surface area contributed by atoms with Gasteiger partial charge in [-0.25, -0.2) is 0 Å². The average Bonchev–Trinajstić information content (AvgIpc) is 2.98. The van der Waals surface area contributed by atoms with E-state index in [9.17, 15) is 9.59 Å². The fourth-order valence-corrected chi connectivity index (χ4v) is 3.37. The Labute approximate surface area is 149 Å². The number of pyridine rings is 1. The Hall–Kier alpha value is -1.92. The van der Waals surface area contributed by atoms with E-state index >= 15 is 0 Å². The summed E-state index contributed by atoms with van der Waals surface area (Å²) in [7, 11) is 0. The maximum absolute atomic E-state index is 12.2. The summed E-state index contributed by atoms with van der Waals surface area (Å²) in [6, 6.07) is 13.6. The molecule has 0 spiro atoms. The number of amides is 1. The van der Waals surface area contributed by atoms with Crippen molar-refractivity contribution in [2.24, 2.45) is 0 Å². The Kier molecular flexibility index (Phi) is 5.48. The van der Waals surface area contributed by atoms with Crippen LogP contribution in [-0.4, -0.2) is 34.5 Å². The Bertz CT molecular complexity index is 760. The average molecular weight is 390 g/mol. The van der Waals surface area contributed by atoms with Gasteiger partial charge in [0.1, 0.15) is 6.54 Å². The van der Waals surface area contributed by atoms with Gasteiger partial charge >= 0.3 is 0 Å². The highest BCUT2D eigenvalue weighted by Crippen LogP contribution is 2.13. The molecule has 0 saturated carbocycles. The van der Waals surface area contributed by atoms with Crippen LogP contribution in [0.4, 0.5) is 0 Å². The molecule has 3 rings (SSSR count). The first kappa shape index (κ1) is 16.9. The van der Waals surface area contributed by atoms with Crippen LogP contribution in [0.3, 0.4) is 0 Å². The molecule has 126 valence electrons. The minimum Gasteiger partial charge on any atom is -0.350 e. The SMILES string of the molecule is O=C(Cn1cc(Br)ccc1=O)N[C@H]1CCN(Cc2ccccc2)C1. The van der Waals surface area contributed by atoms with E-state index in [0.29, 0.717) is 0 Å². The number of likely N-dealkylation sites (tertiary alicyclic amines) is 1. The number of nitrogens with zero attached hydrogens (tertiary/aromatic N) is 2. The summed E-state index contributed by atoms with van der Waals surface area (Å²) >= 11 is 3.32. The van der Waals surface area contributed by atoms with E-state index in [1.54, 1.807) is 12.3 Å². The molecule has 0 radical (unpaired) electrons. The van der Waals surface area contributed by atoms with Gasteiger partial charge in [0.25, 0.3) is 5.56 Å². The van der Waals surface area contributed by atoms with Gasteiger partial charge in [-0.15, -0.1) is 0 Å². The van der Waals surface area contributed by atoms with Crippen molar-refractivity contribution in [3.8, 4) is 0 Å². The third-order valence-electron chi connectivity index (χ3n) is 4.15. The van der Waals surface area contributed by atoms with Gasteiger partial charge < -0.3 is 9.88 Å². The van der Waals surface area contributed by atoms with E-state index in [2.05, 4.69) is 38.3 Å². The number of carbonyl (C=O) groups is 1. The lowest BCUT2D eigenvalue weighted by atomic mass is 10.2. The standard InChI is InChI=1S/C18H20BrN3O2/c19-15-6-7-18(24)22(11-15)13-17(23)20-16-8-9-21(12-16)10-14-4-2-1-3-5-14/h1-7,11,16H,8-10,12-13H2,(H,20,23)/t16-/m0/s1. The molecule has 0 bridgehead atoms. The number of hydrogen-bond donors (Lipinski definition) is 1. The molecule has 1 atom stereocenters. The summed E-state index contributed by atoms with van der Waals surface area (Å²) in [4.78, 5) is 26.3. The summed E-state index contributed by atoms with van der Waals surface area (Å²) in [5, 5.41) is 3.03. The van der Waals surface area contributed by atoms with Crippen molar-refractivity contribution < 1.29 is 4.79 Å². The van der Waals surface area contributed by atoms with Gasteiger partial charge in [0.05, 0.1) is 0 Å². The third-order valence-corrected chi connectivity index (χ3v) is 4.62. The van der Waals surface area contributed by atoms with Crippen molar-refractivity contribution in [1.82, 2.24) is 14.8 Å². The largest absolute Gasteiger partial charge is 0.350 e. The predicted octanol–water partition coefficient (Wildman–Crippen LogP) is 2.00. The van der Waals surface area contributed by atoms with Crippen molar-refractivity contribution in [3.63, 3.8) is 0 Å². The summed E-state index contributed by atoms with van der Waals surface area (Å²) < 4.78 is 2.20. The van der Waals surface area contributed by atoms with Gasteiger partial charge in [0, 0.05) is 42.4 Å². The minimum absolute atomic E-state index is 0.0491. The second-order valence-electron chi connectivity index (χ2n) is 6.09. The summed E-state index contributed by atoms with van der Waals surface area (Å²) in [5.41, 5.74) is 1.11. The summed E-state index contributed by atoms with van der Waals surface area (Å²) in [5.74, 6) is -0.123. The topological polar surface area (TPSA) is 54.3 Å². The Morgan fingerprint density at radius 1 is 1.21 bits per heavy atom. The summed E-state index contributed by atoms with van der Waals surface area (Å²) in [6.45, 7) is 2.76. The van der Waals surface area contributed by atoms with Crippen LogP contribution in [0.2, 0.25) is 0 Å². The molecule has 1 amide bonds. The number of carbonyl (C=O) groups excluding carboxylic acids is 1. The first-order chi connectivity index (χ1) is 11.6. The van der Waals surface area contributed by atoms with Gasteiger partial charge in [0.2, 0.25) is 5.91 Å². The molecule has 1 aromatic heterocycles. The number of benzene rings is 1. The molecule has 2 aromatic rings. The maximum Gasteiger partial charge on any atom is 0.251 e. The molecule has 1 saturated heterocycles. The van der Waals surface area contributed by atoms with Crippen LogP contribution in [0.15, 0.2) is 57.9 Å². The van der Waals surface area contributed by atoms with E-state index in [4.69, 9.17) is 0 Å². The zero-order valence-electron chi connectivity index (χ0n) is 13.3. The molecule has 6 heteroatoms. The molecular weight excluding hydrogens is 370 g/mol. The summed E-state index contributed by atoms with van der Waals surface area (Å²) in [6.07, 6.45) is 2.57. The van der Waals surface area contributed by atoms with Crippen LogP contribution in [0.1, 0.15) is 12.0 Å². The second-order valence-corrected chi connectivity index (χ2v) is 7.00. The monoisotopic (exact) mass is 389 g/mol. The molecule has 1 aromatic carbocycles. The Morgan fingerprint density at radius 3 is 2.79 bits per heavy atom. The molecule has 1 aliphatic rings. The quantitative estimate of drug-likeness (QED) is 0.850. The van der Waals surface area contributed by atoms with Crippen LogP contribution >= 0.6 is 15.9 Å². The zero-order valence-corrected chi connectivity index (χ0v) is 14.9. The highest BCUT2D eigenvalue weighted by atomic mass is 79.9. The first-order valence-corrected chi connectivity index (χ1v) is 8.81. The van der Waals surface area contributed by atoms with Gasteiger partial charge in [-0.2, -0.15) is 0 Å². The van der Waals surface area contributed by atoms with Crippen LogP contribution in [-0.2, 0) is 17.9 Å². The van der Waals surface area contributed by atoms with E-state index in [0.717, 1.165) is 30.5 Å². The Balaban J connectivity index is 1.51. The maximum atomic E-state index is 12.2. The minimum atomic E-state index is -0.175. The lowest BCUT2D eigenvalue weighted by Crippen LogP contribution is -2.40. The number of hydrogen-bond acceptors (Lipinski definition) is 3. The third kappa shape index (κ3) is 4.55. The first-order valence-electron chi connectivity index (χ1n) is 8.02. The van der Waals surface area contributed by atoms with Crippen LogP contribution in [0, 0.1) is 0 Å². The normalized spacial score (nSPS) is 17.8. The molecule has 2 heterocycles. The van der Waals surface area contributed by atoms with Crippen molar-refractivity contribution in [1.29, 1.82) is 0 Å². The van der Waals surface area contributed by atoms with E-state index in [-0.39, 0.29) is 24.1 Å². The Morgan fingerprint density at radius 2 is 2.00 bits per heavy atom.